The van der Waals surface area contributed by atoms with Gasteiger partial charge in [-0.15, -0.1) is 11.3 Å². The first-order valence-corrected chi connectivity index (χ1v) is 7.92. The summed E-state index contributed by atoms with van der Waals surface area (Å²) in [7, 11) is 0. The average Bonchev–Trinajstić information content (AvgIpc) is 2.91. The van der Waals surface area contributed by atoms with Crippen molar-refractivity contribution in [2.75, 3.05) is 5.32 Å². The second kappa shape index (κ2) is 6.90. The van der Waals surface area contributed by atoms with Crippen LogP contribution in [0, 0.1) is 0 Å². The average molecular weight is 312 g/mol. The number of nitrogens with one attached hydrogen (secondary N) is 1. The molecule has 20 heavy (non-hydrogen) atoms. The van der Waals surface area contributed by atoms with E-state index in [0.29, 0.717) is 12.2 Å². The Morgan fingerprint density at radius 1 is 1.55 bits per heavy atom. The third kappa shape index (κ3) is 3.61. The van der Waals surface area contributed by atoms with Crippen LogP contribution in [0.4, 0.5) is 5.69 Å². The molecule has 2 heterocycles. The van der Waals surface area contributed by atoms with Crippen LogP contribution in [0.3, 0.4) is 0 Å². The molecule has 0 bridgehead atoms. The number of halogens is 1. The monoisotopic (exact) mass is 311 g/mol. The summed E-state index contributed by atoms with van der Waals surface area (Å²) >= 11 is 7.85. The quantitative estimate of drug-likeness (QED) is 0.889. The molecule has 0 aliphatic rings. The lowest BCUT2D eigenvalue weighted by Gasteiger charge is -2.15. The van der Waals surface area contributed by atoms with E-state index in [4.69, 9.17) is 11.6 Å². The zero-order valence-electron chi connectivity index (χ0n) is 11.6. The van der Waals surface area contributed by atoms with Gasteiger partial charge in [-0.2, -0.15) is 5.10 Å². The molecule has 1 atom stereocenters. The minimum atomic E-state index is -0.234. The minimum Gasteiger partial charge on any atom is -0.380 e. The molecule has 0 saturated heterocycles. The van der Waals surface area contributed by atoms with Crippen LogP contribution < -0.4 is 10.9 Å². The molecule has 108 valence electrons. The highest BCUT2D eigenvalue weighted by Gasteiger charge is 2.11. The lowest BCUT2D eigenvalue weighted by molar-refractivity contribution is 0.568. The third-order valence-electron chi connectivity index (χ3n) is 2.91. The van der Waals surface area contributed by atoms with Gasteiger partial charge in [0.25, 0.3) is 5.56 Å². The van der Waals surface area contributed by atoms with Crippen molar-refractivity contribution in [3.8, 4) is 0 Å². The summed E-state index contributed by atoms with van der Waals surface area (Å²) in [5.74, 6) is 0. The molecule has 0 aliphatic heterocycles. The van der Waals surface area contributed by atoms with Gasteiger partial charge in [-0.25, -0.2) is 4.68 Å². The number of rotatable bonds is 6. The van der Waals surface area contributed by atoms with Crippen LogP contribution in [0.5, 0.6) is 0 Å². The van der Waals surface area contributed by atoms with Gasteiger partial charge in [-0.1, -0.05) is 24.6 Å². The number of aromatic nitrogens is 2. The summed E-state index contributed by atoms with van der Waals surface area (Å²) in [4.78, 5) is 13.3. The van der Waals surface area contributed by atoms with Crippen molar-refractivity contribution in [2.45, 2.75) is 39.3 Å². The number of nitrogens with zero attached hydrogens (tertiary/aromatic N) is 2. The first-order chi connectivity index (χ1) is 9.61. The number of aryl methyl sites for hydroxylation is 1. The Kier molecular flexibility index (Phi) is 5.20. The molecule has 0 radical (unpaired) electrons. The van der Waals surface area contributed by atoms with E-state index in [0.717, 1.165) is 12.8 Å². The van der Waals surface area contributed by atoms with Crippen molar-refractivity contribution in [3.05, 3.63) is 44.0 Å². The highest BCUT2D eigenvalue weighted by molar-refractivity contribution is 7.09. The summed E-state index contributed by atoms with van der Waals surface area (Å²) in [6.45, 7) is 4.65. The Hall–Kier alpha value is -1.33. The molecular formula is C14H18ClN3OS. The smallest absolute Gasteiger partial charge is 0.287 e. The van der Waals surface area contributed by atoms with Crippen molar-refractivity contribution < 1.29 is 0 Å². The Balaban J connectivity index is 2.09. The lowest BCUT2D eigenvalue weighted by atomic mass is 10.2. The van der Waals surface area contributed by atoms with E-state index in [1.54, 1.807) is 17.5 Å². The van der Waals surface area contributed by atoms with Gasteiger partial charge in [0, 0.05) is 23.9 Å². The zero-order valence-corrected chi connectivity index (χ0v) is 13.2. The Morgan fingerprint density at radius 3 is 3.00 bits per heavy atom. The zero-order chi connectivity index (χ0) is 14.5. The highest BCUT2D eigenvalue weighted by atomic mass is 35.5. The molecule has 6 heteroatoms. The van der Waals surface area contributed by atoms with E-state index in [-0.39, 0.29) is 16.6 Å². The van der Waals surface area contributed by atoms with Crippen molar-refractivity contribution >= 4 is 28.6 Å². The minimum absolute atomic E-state index is 0.189. The molecule has 2 aromatic rings. The van der Waals surface area contributed by atoms with Gasteiger partial charge in [0.15, 0.2) is 0 Å². The molecule has 0 saturated carbocycles. The maximum Gasteiger partial charge on any atom is 0.287 e. The SMILES string of the molecule is CCCn1ncc(NC(C)Cc2cccs2)c(Cl)c1=O. The van der Waals surface area contributed by atoms with Crippen LogP contribution in [0.2, 0.25) is 5.02 Å². The topological polar surface area (TPSA) is 46.9 Å². The summed E-state index contributed by atoms with van der Waals surface area (Å²) in [6, 6.07) is 4.32. The molecule has 4 nitrogen and oxygen atoms in total. The number of hydrogen-bond donors (Lipinski definition) is 1. The molecule has 2 aromatic heterocycles. The Morgan fingerprint density at radius 2 is 2.35 bits per heavy atom. The van der Waals surface area contributed by atoms with E-state index < -0.39 is 0 Å². The summed E-state index contributed by atoms with van der Waals surface area (Å²) < 4.78 is 1.40. The molecule has 1 N–H and O–H groups in total. The first kappa shape index (κ1) is 15.1. The summed E-state index contributed by atoms with van der Waals surface area (Å²) in [5, 5.41) is 9.67. The Bertz CT molecular complexity index is 609. The molecule has 0 aromatic carbocycles. The van der Waals surface area contributed by atoms with Gasteiger partial charge in [-0.05, 0) is 24.8 Å². The molecule has 0 amide bonds. The van der Waals surface area contributed by atoms with Gasteiger partial charge in [-0.3, -0.25) is 4.79 Å². The van der Waals surface area contributed by atoms with Gasteiger partial charge >= 0.3 is 0 Å². The second-order valence-electron chi connectivity index (χ2n) is 4.73. The summed E-state index contributed by atoms with van der Waals surface area (Å²) in [6.07, 6.45) is 3.38. The van der Waals surface area contributed by atoms with Crippen LogP contribution in [-0.2, 0) is 13.0 Å². The van der Waals surface area contributed by atoms with Crippen LogP contribution in [-0.4, -0.2) is 15.8 Å². The van der Waals surface area contributed by atoms with E-state index in [9.17, 15) is 4.79 Å². The largest absolute Gasteiger partial charge is 0.380 e. The predicted molar refractivity (Wildman–Crippen MR) is 84.9 cm³/mol. The normalized spacial score (nSPS) is 12.3. The van der Waals surface area contributed by atoms with Crippen molar-refractivity contribution in [1.29, 1.82) is 0 Å². The molecular weight excluding hydrogens is 294 g/mol. The van der Waals surface area contributed by atoms with Crippen LogP contribution in [0.25, 0.3) is 0 Å². The van der Waals surface area contributed by atoms with Gasteiger partial charge in [0.2, 0.25) is 0 Å². The van der Waals surface area contributed by atoms with Gasteiger partial charge < -0.3 is 5.32 Å². The van der Waals surface area contributed by atoms with E-state index in [2.05, 4.69) is 28.8 Å². The van der Waals surface area contributed by atoms with E-state index in [1.807, 2.05) is 13.0 Å². The standard InChI is InChI=1S/C14H18ClN3OS/c1-3-6-18-14(19)13(15)12(9-16-18)17-10(2)8-11-5-4-7-20-11/h4-5,7,9-10,17H,3,6,8H2,1-2H3. The fourth-order valence-electron chi connectivity index (χ4n) is 1.98. The van der Waals surface area contributed by atoms with Crippen LogP contribution in [0.15, 0.2) is 28.5 Å². The van der Waals surface area contributed by atoms with E-state index >= 15 is 0 Å². The number of anilines is 1. The summed E-state index contributed by atoms with van der Waals surface area (Å²) in [5.41, 5.74) is 0.370. The van der Waals surface area contributed by atoms with Crippen molar-refractivity contribution in [1.82, 2.24) is 9.78 Å². The van der Waals surface area contributed by atoms with Crippen LogP contribution >= 0.6 is 22.9 Å². The highest BCUT2D eigenvalue weighted by Crippen LogP contribution is 2.19. The number of thiophene rings is 1. The number of hydrogen-bond acceptors (Lipinski definition) is 4. The van der Waals surface area contributed by atoms with Gasteiger partial charge in [0.1, 0.15) is 5.02 Å². The van der Waals surface area contributed by atoms with Crippen molar-refractivity contribution in [3.63, 3.8) is 0 Å². The fraction of sp³-hybridized carbons (Fsp3) is 0.429. The Labute approximate surface area is 127 Å². The lowest BCUT2D eigenvalue weighted by Crippen LogP contribution is -2.26. The van der Waals surface area contributed by atoms with Gasteiger partial charge in [0.05, 0.1) is 11.9 Å². The maximum absolute atomic E-state index is 12.0. The molecule has 2 rings (SSSR count). The predicted octanol–water partition coefficient (Wildman–Crippen LogP) is 3.41. The van der Waals surface area contributed by atoms with E-state index in [1.165, 1.54) is 9.56 Å². The molecule has 1 unspecified atom stereocenters. The third-order valence-corrected chi connectivity index (χ3v) is 4.17. The maximum atomic E-state index is 12.0. The molecule has 0 aliphatic carbocycles. The van der Waals surface area contributed by atoms with Crippen molar-refractivity contribution in [2.24, 2.45) is 0 Å². The second-order valence-corrected chi connectivity index (χ2v) is 6.14. The fourth-order valence-corrected chi connectivity index (χ4v) is 3.02. The molecule has 0 spiro atoms. The first-order valence-electron chi connectivity index (χ1n) is 6.66. The molecule has 0 fully saturated rings. The van der Waals surface area contributed by atoms with Crippen LogP contribution in [0.1, 0.15) is 25.1 Å².